The van der Waals surface area contributed by atoms with Gasteiger partial charge in [0.05, 0.1) is 11.5 Å². The summed E-state index contributed by atoms with van der Waals surface area (Å²) in [6.07, 6.45) is 5.25. The average molecular weight is 294 g/mol. The summed E-state index contributed by atoms with van der Waals surface area (Å²) in [7, 11) is 0. The summed E-state index contributed by atoms with van der Waals surface area (Å²) in [5.41, 5.74) is 0.671. The molecule has 1 saturated carbocycles. The Morgan fingerprint density at radius 2 is 2.25 bits per heavy atom. The zero-order valence-corrected chi connectivity index (χ0v) is 12.3. The van der Waals surface area contributed by atoms with Gasteiger partial charge < -0.3 is 10.1 Å². The maximum absolute atomic E-state index is 12.6. The van der Waals surface area contributed by atoms with E-state index in [9.17, 15) is 4.79 Å². The molecule has 1 aromatic rings. The summed E-state index contributed by atoms with van der Waals surface area (Å²) in [5.74, 6) is 0.126. The highest BCUT2D eigenvalue weighted by atomic mass is 35.5. The Morgan fingerprint density at radius 3 is 2.85 bits per heavy atom. The van der Waals surface area contributed by atoms with Crippen LogP contribution in [0.15, 0.2) is 24.3 Å². The van der Waals surface area contributed by atoms with Gasteiger partial charge in [0.1, 0.15) is 0 Å². The van der Waals surface area contributed by atoms with Crippen LogP contribution in [0.4, 0.5) is 0 Å². The monoisotopic (exact) mass is 293 g/mol. The SMILES string of the molecule is O=C(NCC1CCCO1)C1(c2cccc(Cl)c2)CCC1. The lowest BCUT2D eigenvalue weighted by molar-refractivity contribution is -0.130. The fourth-order valence-corrected chi connectivity index (χ4v) is 3.33. The number of carbonyl (C=O) groups is 1. The fourth-order valence-electron chi connectivity index (χ4n) is 3.14. The molecule has 1 atom stereocenters. The second-order valence-corrected chi connectivity index (χ2v) is 6.23. The minimum Gasteiger partial charge on any atom is -0.376 e. The van der Waals surface area contributed by atoms with Crippen molar-refractivity contribution in [3.05, 3.63) is 34.9 Å². The van der Waals surface area contributed by atoms with Gasteiger partial charge in [0, 0.05) is 18.2 Å². The van der Waals surface area contributed by atoms with Crippen LogP contribution in [0.5, 0.6) is 0 Å². The lowest BCUT2D eigenvalue weighted by Gasteiger charge is -2.41. The topological polar surface area (TPSA) is 38.3 Å². The van der Waals surface area contributed by atoms with E-state index in [1.807, 2.05) is 24.3 Å². The largest absolute Gasteiger partial charge is 0.376 e. The van der Waals surface area contributed by atoms with E-state index >= 15 is 0 Å². The maximum Gasteiger partial charge on any atom is 0.230 e. The fraction of sp³-hybridized carbons (Fsp3) is 0.562. The molecule has 4 heteroatoms. The van der Waals surface area contributed by atoms with Crippen LogP contribution in [0.25, 0.3) is 0 Å². The smallest absolute Gasteiger partial charge is 0.230 e. The van der Waals surface area contributed by atoms with Crippen molar-refractivity contribution >= 4 is 17.5 Å². The van der Waals surface area contributed by atoms with E-state index in [4.69, 9.17) is 16.3 Å². The van der Waals surface area contributed by atoms with Crippen LogP contribution in [0.1, 0.15) is 37.7 Å². The summed E-state index contributed by atoms with van der Waals surface area (Å²) in [4.78, 5) is 12.6. The number of rotatable bonds is 4. The van der Waals surface area contributed by atoms with Gasteiger partial charge in [-0.25, -0.2) is 0 Å². The molecule has 1 saturated heterocycles. The predicted octanol–water partition coefficient (Wildman–Crippen LogP) is 3.06. The molecule has 0 aromatic heterocycles. The van der Waals surface area contributed by atoms with E-state index < -0.39 is 0 Å². The molecule has 2 fully saturated rings. The first kappa shape index (κ1) is 13.9. The van der Waals surface area contributed by atoms with Crippen molar-refractivity contribution in [2.45, 2.75) is 43.6 Å². The molecule has 3 rings (SSSR count). The highest BCUT2D eigenvalue weighted by molar-refractivity contribution is 6.30. The van der Waals surface area contributed by atoms with Crippen molar-refractivity contribution in [2.24, 2.45) is 0 Å². The molecular formula is C16H20ClNO2. The van der Waals surface area contributed by atoms with Crippen LogP contribution in [0, 0.1) is 0 Å². The Kier molecular flexibility index (Phi) is 3.99. The van der Waals surface area contributed by atoms with Crippen molar-refractivity contribution in [2.75, 3.05) is 13.2 Å². The van der Waals surface area contributed by atoms with Crippen molar-refractivity contribution in [1.82, 2.24) is 5.32 Å². The second kappa shape index (κ2) is 5.74. The summed E-state index contributed by atoms with van der Waals surface area (Å²) in [5, 5.41) is 3.77. The van der Waals surface area contributed by atoms with Crippen molar-refractivity contribution in [1.29, 1.82) is 0 Å². The zero-order chi connectivity index (χ0) is 14.0. The number of amides is 1. The standard InChI is InChI=1S/C16H20ClNO2/c17-13-5-1-4-12(10-13)16(7-3-8-16)15(19)18-11-14-6-2-9-20-14/h1,4-5,10,14H,2-3,6-9,11H2,(H,18,19). The van der Waals surface area contributed by atoms with Crippen LogP contribution in [-0.2, 0) is 14.9 Å². The van der Waals surface area contributed by atoms with E-state index in [0.29, 0.717) is 11.6 Å². The quantitative estimate of drug-likeness (QED) is 0.926. The number of halogens is 1. The molecule has 1 aromatic carbocycles. The molecule has 1 heterocycles. The minimum absolute atomic E-state index is 0.126. The van der Waals surface area contributed by atoms with Crippen molar-refractivity contribution in [3.8, 4) is 0 Å². The normalized spacial score (nSPS) is 24.1. The molecule has 3 nitrogen and oxygen atoms in total. The van der Waals surface area contributed by atoms with E-state index in [1.54, 1.807) is 0 Å². The lowest BCUT2D eigenvalue weighted by Crippen LogP contribution is -2.50. The first-order chi connectivity index (χ1) is 9.71. The number of benzene rings is 1. The number of nitrogens with one attached hydrogen (secondary N) is 1. The van der Waals surface area contributed by atoms with Crippen LogP contribution in [0.2, 0.25) is 5.02 Å². The minimum atomic E-state index is -0.372. The summed E-state index contributed by atoms with van der Waals surface area (Å²) < 4.78 is 5.56. The number of hydrogen-bond donors (Lipinski definition) is 1. The summed E-state index contributed by atoms with van der Waals surface area (Å²) in [6.45, 7) is 1.45. The second-order valence-electron chi connectivity index (χ2n) is 5.79. The van der Waals surface area contributed by atoms with E-state index in [2.05, 4.69) is 5.32 Å². The van der Waals surface area contributed by atoms with Gasteiger partial charge in [-0.2, -0.15) is 0 Å². The highest BCUT2D eigenvalue weighted by Gasteiger charge is 2.45. The number of carbonyl (C=O) groups excluding carboxylic acids is 1. The number of ether oxygens (including phenoxy) is 1. The van der Waals surface area contributed by atoms with Gasteiger partial charge in [-0.15, -0.1) is 0 Å². The average Bonchev–Trinajstić information content (AvgIpc) is 2.88. The zero-order valence-electron chi connectivity index (χ0n) is 11.5. The van der Waals surface area contributed by atoms with Gasteiger partial charge in [-0.3, -0.25) is 4.79 Å². The third-order valence-corrected chi connectivity index (χ3v) is 4.77. The van der Waals surface area contributed by atoms with E-state index in [1.165, 1.54) is 0 Å². The third kappa shape index (κ3) is 2.57. The molecule has 1 aliphatic carbocycles. The molecule has 1 unspecified atom stereocenters. The Morgan fingerprint density at radius 1 is 1.40 bits per heavy atom. The van der Waals surface area contributed by atoms with Crippen LogP contribution in [-0.4, -0.2) is 25.2 Å². The van der Waals surface area contributed by atoms with Gasteiger partial charge in [0.25, 0.3) is 0 Å². The molecule has 1 amide bonds. The van der Waals surface area contributed by atoms with Crippen LogP contribution in [0.3, 0.4) is 0 Å². The molecule has 108 valence electrons. The molecule has 1 aliphatic heterocycles. The van der Waals surface area contributed by atoms with E-state index in [0.717, 1.165) is 44.3 Å². The Labute approximate surface area is 124 Å². The molecule has 0 bridgehead atoms. The van der Waals surface area contributed by atoms with Crippen LogP contribution < -0.4 is 5.32 Å². The highest BCUT2D eigenvalue weighted by Crippen LogP contribution is 2.44. The first-order valence-electron chi connectivity index (χ1n) is 7.37. The van der Waals surface area contributed by atoms with Crippen molar-refractivity contribution in [3.63, 3.8) is 0 Å². The molecule has 1 N–H and O–H groups in total. The molecule has 20 heavy (non-hydrogen) atoms. The Balaban J connectivity index is 1.69. The number of hydrogen-bond acceptors (Lipinski definition) is 2. The Hall–Kier alpha value is -1.06. The van der Waals surface area contributed by atoms with E-state index in [-0.39, 0.29) is 17.4 Å². The first-order valence-corrected chi connectivity index (χ1v) is 7.74. The summed E-state index contributed by atoms with van der Waals surface area (Å²) >= 11 is 6.07. The van der Waals surface area contributed by atoms with Gasteiger partial charge in [-0.05, 0) is 43.4 Å². The molecule has 0 spiro atoms. The van der Waals surface area contributed by atoms with Gasteiger partial charge >= 0.3 is 0 Å². The summed E-state index contributed by atoms with van der Waals surface area (Å²) in [6, 6.07) is 7.70. The molecule has 2 aliphatic rings. The molecule has 0 radical (unpaired) electrons. The lowest BCUT2D eigenvalue weighted by atomic mass is 9.64. The molecular weight excluding hydrogens is 274 g/mol. The van der Waals surface area contributed by atoms with Gasteiger partial charge in [0.2, 0.25) is 5.91 Å². The van der Waals surface area contributed by atoms with Gasteiger partial charge in [0.15, 0.2) is 0 Å². The van der Waals surface area contributed by atoms with Gasteiger partial charge in [-0.1, -0.05) is 30.2 Å². The van der Waals surface area contributed by atoms with Crippen molar-refractivity contribution < 1.29 is 9.53 Å². The Bertz CT molecular complexity index is 493. The van der Waals surface area contributed by atoms with Crippen LogP contribution >= 0.6 is 11.6 Å². The third-order valence-electron chi connectivity index (χ3n) is 4.53. The maximum atomic E-state index is 12.6. The predicted molar refractivity (Wildman–Crippen MR) is 79.0 cm³/mol.